The van der Waals surface area contributed by atoms with E-state index in [0.29, 0.717) is 5.69 Å². The molecule has 4 heteroatoms. The van der Waals surface area contributed by atoms with E-state index in [1.165, 1.54) is 12.0 Å². The molecule has 0 N–H and O–H groups in total. The number of benzene rings is 1. The van der Waals surface area contributed by atoms with E-state index in [-0.39, 0.29) is 12.5 Å². The molecule has 0 spiro atoms. The molecule has 1 aromatic rings. The summed E-state index contributed by atoms with van der Waals surface area (Å²) >= 11 is 0. The molecule has 0 heterocycles. The van der Waals surface area contributed by atoms with Gasteiger partial charge >= 0.3 is 5.97 Å². The summed E-state index contributed by atoms with van der Waals surface area (Å²) in [6.07, 6.45) is 4.67. The Kier molecular flexibility index (Phi) is 4.34. The van der Waals surface area contributed by atoms with Crippen molar-refractivity contribution in [2.45, 2.75) is 19.3 Å². The quantitative estimate of drug-likeness (QED) is 0.779. The first-order chi connectivity index (χ1) is 9.22. The third kappa shape index (κ3) is 3.22. The number of amides is 1. The number of esters is 1. The number of nitrogens with zero attached hydrogens (tertiary/aromatic N) is 1. The average molecular weight is 259 g/mol. The number of carbonyl (C=O) groups is 2. The topological polar surface area (TPSA) is 46.6 Å². The van der Waals surface area contributed by atoms with Gasteiger partial charge in [-0.15, -0.1) is 0 Å². The normalized spacial score (nSPS) is 13.8. The standard InChI is InChI=1S/C15H17NO3/c1-19-14(17)11-16(13-9-3-2-4-10-13)15(18)12-7-5-6-8-12/h2-4,7,9-10H,5-6,8,11H2,1H3. The van der Waals surface area contributed by atoms with Gasteiger partial charge in [-0.25, -0.2) is 0 Å². The van der Waals surface area contributed by atoms with Crippen LogP contribution in [0, 0.1) is 0 Å². The zero-order valence-corrected chi connectivity index (χ0v) is 11.0. The molecule has 0 fully saturated rings. The monoisotopic (exact) mass is 259 g/mol. The van der Waals surface area contributed by atoms with Gasteiger partial charge in [0.05, 0.1) is 7.11 Å². The number of ether oxygens (including phenoxy) is 1. The van der Waals surface area contributed by atoms with E-state index >= 15 is 0 Å². The Labute approximate surface area is 112 Å². The third-order valence-electron chi connectivity index (χ3n) is 3.14. The molecular weight excluding hydrogens is 242 g/mol. The Morgan fingerprint density at radius 2 is 2.00 bits per heavy atom. The minimum absolute atomic E-state index is 0.0588. The number of rotatable bonds is 4. The molecule has 0 bridgehead atoms. The number of carbonyl (C=O) groups excluding carboxylic acids is 2. The van der Waals surface area contributed by atoms with Crippen LogP contribution < -0.4 is 4.90 Å². The molecule has 0 atom stereocenters. The summed E-state index contributed by atoms with van der Waals surface area (Å²) in [6.45, 7) is -0.0588. The van der Waals surface area contributed by atoms with E-state index in [9.17, 15) is 9.59 Å². The van der Waals surface area contributed by atoms with E-state index in [1.807, 2.05) is 36.4 Å². The molecule has 100 valence electrons. The minimum atomic E-state index is -0.421. The smallest absolute Gasteiger partial charge is 0.325 e. The second-order valence-corrected chi connectivity index (χ2v) is 4.42. The molecule has 0 saturated carbocycles. The Hall–Kier alpha value is -2.10. The van der Waals surface area contributed by atoms with Gasteiger partial charge in [-0.05, 0) is 31.4 Å². The van der Waals surface area contributed by atoms with Crippen LogP contribution in [-0.2, 0) is 14.3 Å². The molecule has 1 aromatic carbocycles. The van der Waals surface area contributed by atoms with E-state index < -0.39 is 5.97 Å². The lowest BCUT2D eigenvalue weighted by Crippen LogP contribution is -2.37. The van der Waals surface area contributed by atoms with Crippen LogP contribution in [0.4, 0.5) is 5.69 Å². The fourth-order valence-corrected chi connectivity index (χ4v) is 2.12. The SMILES string of the molecule is COC(=O)CN(C(=O)C1=CCCC1)c1ccccc1. The van der Waals surface area contributed by atoms with Gasteiger partial charge < -0.3 is 4.74 Å². The first-order valence-corrected chi connectivity index (χ1v) is 6.35. The Morgan fingerprint density at radius 1 is 1.26 bits per heavy atom. The van der Waals surface area contributed by atoms with Gasteiger partial charge in [-0.3, -0.25) is 14.5 Å². The van der Waals surface area contributed by atoms with Crippen molar-refractivity contribution in [3.63, 3.8) is 0 Å². The number of methoxy groups -OCH3 is 1. The number of hydrogen-bond donors (Lipinski definition) is 0. The molecule has 0 saturated heterocycles. The zero-order chi connectivity index (χ0) is 13.7. The molecule has 0 aromatic heterocycles. The van der Waals surface area contributed by atoms with Crippen molar-refractivity contribution < 1.29 is 14.3 Å². The highest BCUT2D eigenvalue weighted by molar-refractivity contribution is 6.08. The van der Waals surface area contributed by atoms with E-state index in [0.717, 1.165) is 24.8 Å². The molecule has 2 rings (SSSR count). The van der Waals surface area contributed by atoms with Crippen LogP contribution in [0.25, 0.3) is 0 Å². The van der Waals surface area contributed by atoms with Crippen molar-refractivity contribution in [1.82, 2.24) is 0 Å². The zero-order valence-electron chi connectivity index (χ0n) is 11.0. The van der Waals surface area contributed by atoms with Gasteiger partial charge in [0.15, 0.2) is 0 Å². The fourth-order valence-electron chi connectivity index (χ4n) is 2.12. The van der Waals surface area contributed by atoms with E-state index in [1.54, 1.807) is 0 Å². The maximum atomic E-state index is 12.4. The maximum Gasteiger partial charge on any atom is 0.325 e. The molecule has 0 radical (unpaired) electrons. The second kappa shape index (κ2) is 6.18. The second-order valence-electron chi connectivity index (χ2n) is 4.42. The highest BCUT2D eigenvalue weighted by Gasteiger charge is 2.23. The summed E-state index contributed by atoms with van der Waals surface area (Å²) in [7, 11) is 1.32. The largest absolute Gasteiger partial charge is 0.468 e. The summed E-state index contributed by atoms with van der Waals surface area (Å²) in [6, 6.07) is 9.19. The van der Waals surface area contributed by atoms with Gasteiger partial charge in [0.2, 0.25) is 0 Å². The molecular formula is C15H17NO3. The number of hydrogen-bond acceptors (Lipinski definition) is 3. The van der Waals surface area contributed by atoms with Gasteiger partial charge in [0.1, 0.15) is 6.54 Å². The van der Waals surface area contributed by atoms with E-state index in [2.05, 4.69) is 4.74 Å². The van der Waals surface area contributed by atoms with Crippen LogP contribution in [0.15, 0.2) is 42.0 Å². The number of para-hydroxylation sites is 1. The average Bonchev–Trinajstić information content (AvgIpc) is 2.99. The first kappa shape index (κ1) is 13.3. The van der Waals surface area contributed by atoms with Crippen molar-refractivity contribution >= 4 is 17.6 Å². The number of allylic oxidation sites excluding steroid dienone is 1. The third-order valence-corrected chi connectivity index (χ3v) is 3.14. The van der Waals surface area contributed by atoms with Gasteiger partial charge in [0, 0.05) is 11.3 Å². The Balaban J connectivity index is 2.23. The molecule has 0 unspecified atom stereocenters. The number of anilines is 1. The first-order valence-electron chi connectivity index (χ1n) is 6.35. The van der Waals surface area contributed by atoms with Crippen molar-refractivity contribution in [2.24, 2.45) is 0 Å². The van der Waals surface area contributed by atoms with Crippen LogP contribution in [-0.4, -0.2) is 25.5 Å². The summed E-state index contributed by atoms with van der Waals surface area (Å²) in [4.78, 5) is 25.4. The van der Waals surface area contributed by atoms with Gasteiger partial charge in [-0.1, -0.05) is 24.3 Å². The predicted octanol–water partition coefficient (Wildman–Crippen LogP) is 2.30. The lowest BCUT2D eigenvalue weighted by atomic mass is 10.2. The van der Waals surface area contributed by atoms with Crippen molar-refractivity contribution in [1.29, 1.82) is 0 Å². The van der Waals surface area contributed by atoms with Crippen LogP contribution in [0.3, 0.4) is 0 Å². The van der Waals surface area contributed by atoms with Crippen LogP contribution in [0.1, 0.15) is 19.3 Å². The summed E-state index contributed by atoms with van der Waals surface area (Å²) in [5.41, 5.74) is 1.50. The summed E-state index contributed by atoms with van der Waals surface area (Å²) < 4.78 is 4.66. The molecule has 1 aliphatic rings. The lowest BCUT2D eigenvalue weighted by molar-refractivity contribution is -0.139. The summed E-state index contributed by atoms with van der Waals surface area (Å²) in [5.74, 6) is -0.523. The highest BCUT2D eigenvalue weighted by atomic mass is 16.5. The molecule has 0 aliphatic heterocycles. The molecule has 19 heavy (non-hydrogen) atoms. The molecule has 1 amide bonds. The van der Waals surface area contributed by atoms with Gasteiger partial charge in [0.25, 0.3) is 5.91 Å². The lowest BCUT2D eigenvalue weighted by Gasteiger charge is -2.22. The van der Waals surface area contributed by atoms with Crippen molar-refractivity contribution in [3.8, 4) is 0 Å². The van der Waals surface area contributed by atoms with Gasteiger partial charge in [-0.2, -0.15) is 0 Å². The van der Waals surface area contributed by atoms with Crippen LogP contribution in [0.5, 0.6) is 0 Å². The maximum absolute atomic E-state index is 12.4. The predicted molar refractivity (Wildman–Crippen MR) is 72.7 cm³/mol. The molecule has 1 aliphatic carbocycles. The fraction of sp³-hybridized carbons (Fsp3) is 0.333. The minimum Gasteiger partial charge on any atom is -0.468 e. The Bertz CT molecular complexity index is 493. The van der Waals surface area contributed by atoms with Crippen molar-refractivity contribution in [2.75, 3.05) is 18.6 Å². The van der Waals surface area contributed by atoms with Crippen LogP contribution in [0.2, 0.25) is 0 Å². The van der Waals surface area contributed by atoms with Crippen LogP contribution >= 0.6 is 0 Å². The van der Waals surface area contributed by atoms with Crippen molar-refractivity contribution in [3.05, 3.63) is 42.0 Å². The summed E-state index contributed by atoms with van der Waals surface area (Å²) in [5, 5.41) is 0. The van der Waals surface area contributed by atoms with E-state index in [4.69, 9.17) is 0 Å². The molecule has 4 nitrogen and oxygen atoms in total. The highest BCUT2D eigenvalue weighted by Crippen LogP contribution is 2.23. The Morgan fingerprint density at radius 3 is 2.58 bits per heavy atom.